The van der Waals surface area contributed by atoms with Gasteiger partial charge in [0.05, 0.1) is 5.39 Å². The second-order valence-electron chi connectivity index (χ2n) is 4.84. The van der Waals surface area contributed by atoms with E-state index >= 15 is 0 Å². The van der Waals surface area contributed by atoms with Crippen LogP contribution in [-0.4, -0.2) is 21.6 Å². The predicted molar refractivity (Wildman–Crippen MR) is 92.1 cm³/mol. The molecule has 2 N–H and O–H groups in total. The molecule has 0 radical (unpaired) electrons. The molecule has 3 rings (SSSR count). The third-order valence-electron chi connectivity index (χ3n) is 3.18. The number of carbonyl (C=O) groups excluding carboxylic acids is 1. The molecule has 1 amide bonds. The average Bonchev–Trinajstić information content (AvgIpc) is 2.91. The summed E-state index contributed by atoms with van der Waals surface area (Å²) in [6, 6.07) is 10.2. The summed E-state index contributed by atoms with van der Waals surface area (Å²) in [4.78, 5) is 21.0. The highest BCUT2D eigenvalue weighted by atomic mass is 32.2. The van der Waals surface area contributed by atoms with Gasteiger partial charge in [-0.05, 0) is 12.5 Å². The van der Waals surface area contributed by atoms with Gasteiger partial charge < -0.3 is 5.73 Å². The number of thiophene rings is 1. The summed E-state index contributed by atoms with van der Waals surface area (Å²) in [7, 11) is 0. The second kappa shape index (κ2) is 6.46. The van der Waals surface area contributed by atoms with Crippen molar-refractivity contribution in [3.8, 4) is 11.1 Å². The van der Waals surface area contributed by atoms with E-state index in [1.807, 2.05) is 25.1 Å². The molecule has 0 fully saturated rings. The van der Waals surface area contributed by atoms with Crippen LogP contribution in [0, 0.1) is 6.92 Å². The van der Waals surface area contributed by atoms with Crippen LogP contribution >= 0.6 is 23.1 Å². The lowest BCUT2D eigenvalue weighted by molar-refractivity contribution is -0.117. The van der Waals surface area contributed by atoms with Crippen molar-refractivity contribution in [2.45, 2.75) is 18.4 Å². The summed E-state index contributed by atoms with van der Waals surface area (Å²) >= 11 is 3.18. The van der Waals surface area contributed by atoms with Crippen LogP contribution in [-0.2, 0) is 4.79 Å². The number of benzene rings is 1. The van der Waals surface area contributed by atoms with Crippen molar-refractivity contribution in [3.63, 3.8) is 0 Å². The molecule has 2 aromatic heterocycles. The van der Waals surface area contributed by atoms with Crippen LogP contribution in [0.1, 0.15) is 12.2 Å². The number of thioether (sulfide) groups is 1. The van der Waals surface area contributed by atoms with Crippen LogP contribution in [0.4, 0.5) is 0 Å². The maximum Gasteiger partial charge on any atom is 0.218 e. The van der Waals surface area contributed by atoms with E-state index in [1.165, 1.54) is 0 Å². The monoisotopic (exact) mass is 329 g/mol. The zero-order valence-corrected chi connectivity index (χ0v) is 13.7. The number of hydrogen-bond acceptors (Lipinski definition) is 5. The van der Waals surface area contributed by atoms with Gasteiger partial charge in [-0.3, -0.25) is 4.79 Å². The van der Waals surface area contributed by atoms with Crippen molar-refractivity contribution in [2.75, 3.05) is 5.75 Å². The first kappa shape index (κ1) is 15.0. The van der Waals surface area contributed by atoms with Crippen LogP contribution in [0.2, 0.25) is 0 Å². The molecular weight excluding hydrogens is 314 g/mol. The van der Waals surface area contributed by atoms with Gasteiger partial charge in [0.15, 0.2) is 0 Å². The predicted octanol–water partition coefficient (Wildman–Crippen LogP) is 3.63. The third-order valence-corrected chi connectivity index (χ3v) is 5.03. The highest BCUT2D eigenvalue weighted by Gasteiger charge is 2.14. The molecule has 22 heavy (non-hydrogen) atoms. The van der Waals surface area contributed by atoms with Gasteiger partial charge in [-0.1, -0.05) is 30.3 Å². The molecule has 0 unspecified atom stereocenters. The Morgan fingerprint density at radius 1 is 1.27 bits per heavy atom. The van der Waals surface area contributed by atoms with E-state index in [2.05, 4.69) is 27.5 Å². The van der Waals surface area contributed by atoms with E-state index in [1.54, 1.807) is 23.1 Å². The summed E-state index contributed by atoms with van der Waals surface area (Å²) in [5.74, 6) is 1.09. The van der Waals surface area contributed by atoms with Gasteiger partial charge in [-0.15, -0.1) is 23.1 Å². The smallest absolute Gasteiger partial charge is 0.218 e. The number of aryl methyl sites for hydroxylation is 1. The van der Waals surface area contributed by atoms with Crippen LogP contribution in [0.15, 0.2) is 40.7 Å². The van der Waals surface area contributed by atoms with Gasteiger partial charge in [-0.25, -0.2) is 9.97 Å². The standard InChI is InChI=1S/C16H15N3OS2/c1-10-18-15(21-8-7-13(17)20)14-12(9-22-16(14)19-10)11-5-3-2-4-6-11/h2-6,9H,7-8H2,1H3,(H2,17,20). The highest BCUT2D eigenvalue weighted by Crippen LogP contribution is 2.38. The van der Waals surface area contributed by atoms with Crippen LogP contribution in [0.5, 0.6) is 0 Å². The minimum Gasteiger partial charge on any atom is -0.370 e. The normalized spacial score (nSPS) is 11.0. The third kappa shape index (κ3) is 3.13. The van der Waals surface area contributed by atoms with Crippen molar-refractivity contribution in [1.82, 2.24) is 9.97 Å². The van der Waals surface area contributed by atoms with E-state index in [4.69, 9.17) is 5.73 Å². The molecule has 2 heterocycles. The zero-order valence-electron chi connectivity index (χ0n) is 12.1. The van der Waals surface area contributed by atoms with Crippen LogP contribution in [0.25, 0.3) is 21.3 Å². The van der Waals surface area contributed by atoms with Gasteiger partial charge in [0.2, 0.25) is 5.91 Å². The van der Waals surface area contributed by atoms with Crippen molar-refractivity contribution in [1.29, 1.82) is 0 Å². The number of rotatable bonds is 5. The Balaban J connectivity index is 2.06. The van der Waals surface area contributed by atoms with E-state index in [0.29, 0.717) is 12.2 Å². The molecule has 0 spiro atoms. The Hall–Kier alpha value is -1.92. The van der Waals surface area contributed by atoms with Crippen LogP contribution < -0.4 is 5.73 Å². The molecule has 0 saturated heterocycles. The molecule has 0 aliphatic rings. The molecule has 3 aromatic rings. The Bertz CT molecular complexity index is 815. The molecule has 0 saturated carbocycles. The van der Waals surface area contributed by atoms with E-state index in [9.17, 15) is 4.79 Å². The molecule has 0 aliphatic heterocycles. The number of nitrogens with zero attached hydrogens (tertiary/aromatic N) is 2. The Morgan fingerprint density at radius 3 is 2.77 bits per heavy atom. The molecule has 6 heteroatoms. The van der Waals surface area contributed by atoms with Crippen molar-refractivity contribution in [2.24, 2.45) is 5.73 Å². The average molecular weight is 329 g/mol. The van der Waals surface area contributed by atoms with Gasteiger partial charge in [0.1, 0.15) is 15.7 Å². The minimum absolute atomic E-state index is 0.289. The first-order valence-corrected chi connectivity index (χ1v) is 8.74. The number of nitrogens with two attached hydrogens (primary N) is 1. The molecule has 112 valence electrons. The molecule has 4 nitrogen and oxygen atoms in total. The summed E-state index contributed by atoms with van der Waals surface area (Å²) in [6.07, 6.45) is 0.347. The number of carbonyl (C=O) groups is 1. The van der Waals surface area contributed by atoms with Crippen molar-refractivity contribution < 1.29 is 4.79 Å². The van der Waals surface area contributed by atoms with Gasteiger partial charge in [0.25, 0.3) is 0 Å². The maximum absolute atomic E-state index is 10.9. The summed E-state index contributed by atoms with van der Waals surface area (Å²) in [5.41, 5.74) is 7.51. The molecular formula is C16H15N3OS2. The summed E-state index contributed by atoms with van der Waals surface area (Å²) < 4.78 is 0. The Kier molecular flexibility index (Phi) is 4.40. The van der Waals surface area contributed by atoms with Gasteiger partial charge in [0, 0.05) is 23.1 Å². The number of hydrogen-bond donors (Lipinski definition) is 1. The fourth-order valence-electron chi connectivity index (χ4n) is 2.19. The fourth-order valence-corrected chi connectivity index (χ4v) is 4.30. The van der Waals surface area contributed by atoms with Crippen molar-refractivity contribution >= 4 is 39.2 Å². The lowest BCUT2D eigenvalue weighted by atomic mass is 10.1. The quantitative estimate of drug-likeness (QED) is 0.573. The molecule has 0 atom stereocenters. The lowest BCUT2D eigenvalue weighted by Gasteiger charge is -2.06. The van der Waals surface area contributed by atoms with E-state index in [-0.39, 0.29) is 5.91 Å². The van der Waals surface area contributed by atoms with E-state index < -0.39 is 0 Å². The van der Waals surface area contributed by atoms with Crippen molar-refractivity contribution in [3.05, 3.63) is 41.5 Å². The maximum atomic E-state index is 10.9. The second-order valence-corrected chi connectivity index (χ2v) is 6.78. The summed E-state index contributed by atoms with van der Waals surface area (Å²) in [6.45, 7) is 1.89. The summed E-state index contributed by atoms with van der Waals surface area (Å²) in [5, 5.41) is 4.10. The zero-order chi connectivity index (χ0) is 15.5. The number of amides is 1. The minimum atomic E-state index is -0.289. The first-order chi connectivity index (χ1) is 10.6. The molecule has 0 bridgehead atoms. The first-order valence-electron chi connectivity index (χ1n) is 6.87. The Morgan fingerprint density at radius 2 is 2.05 bits per heavy atom. The SMILES string of the molecule is Cc1nc(SCCC(N)=O)c2c(-c3ccccc3)csc2n1. The molecule has 0 aliphatic carbocycles. The number of fused-ring (bicyclic) bond motifs is 1. The number of aromatic nitrogens is 2. The van der Waals surface area contributed by atoms with Crippen LogP contribution in [0.3, 0.4) is 0 Å². The fraction of sp³-hybridized carbons (Fsp3) is 0.188. The Labute approximate surface area is 136 Å². The topological polar surface area (TPSA) is 68.9 Å². The highest BCUT2D eigenvalue weighted by molar-refractivity contribution is 7.99. The largest absolute Gasteiger partial charge is 0.370 e. The lowest BCUT2D eigenvalue weighted by Crippen LogP contribution is -2.11. The van der Waals surface area contributed by atoms with E-state index in [0.717, 1.165) is 32.2 Å². The van der Waals surface area contributed by atoms with Gasteiger partial charge >= 0.3 is 0 Å². The number of primary amides is 1. The van der Waals surface area contributed by atoms with Gasteiger partial charge in [-0.2, -0.15) is 0 Å². The molecule has 1 aromatic carbocycles.